The minimum absolute atomic E-state index is 0.0752. The Labute approximate surface area is 200 Å². The van der Waals surface area contributed by atoms with Crippen molar-refractivity contribution in [2.24, 2.45) is 5.92 Å². The lowest BCUT2D eigenvalue weighted by Gasteiger charge is -2.25. The molecule has 1 fully saturated rings. The molecule has 2 amide bonds. The Balaban J connectivity index is 1.95. The minimum Gasteiger partial charge on any atom is -0.462 e. The van der Waals surface area contributed by atoms with Crippen molar-refractivity contribution >= 4 is 26.8 Å². The summed E-state index contributed by atoms with van der Waals surface area (Å²) in [6.07, 6.45) is 8.18. The molecule has 1 saturated heterocycles. The number of nitrogens with one attached hydrogen (secondary N) is 2. The van der Waals surface area contributed by atoms with Gasteiger partial charge in [0.15, 0.2) is 0 Å². The summed E-state index contributed by atoms with van der Waals surface area (Å²) in [6.45, 7) is 3.64. The largest absolute Gasteiger partial charge is 0.462 e. The number of imide groups is 1. The smallest absolute Gasteiger partial charge is 0.320 e. The number of hydrogen-bond donors (Lipinski definition) is 2. The molecule has 184 valence electrons. The van der Waals surface area contributed by atoms with Crippen LogP contribution in [0.25, 0.3) is 0 Å². The molecule has 10 nitrogen and oxygen atoms in total. The van der Waals surface area contributed by atoms with Gasteiger partial charge in [0.25, 0.3) is 5.91 Å². The number of hydrogen-bond acceptors (Lipinski definition) is 9. The molecule has 0 aliphatic carbocycles. The molecular formula is C23H30N3O7P. The van der Waals surface area contributed by atoms with Crippen molar-refractivity contribution < 1.29 is 32.9 Å². The van der Waals surface area contributed by atoms with Crippen molar-refractivity contribution in [1.29, 1.82) is 0 Å². The van der Waals surface area contributed by atoms with E-state index >= 15 is 0 Å². The van der Waals surface area contributed by atoms with Crippen molar-refractivity contribution in [2.75, 3.05) is 20.2 Å². The summed E-state index contributed by atoms with van der Waals surface area (Å²) in [5.41, 5.74) is 0. The van der Waals surface area contributed by atoms with Crippen LogP contribution in [0, 0.1) is 18.3 Å². The van der Waals surface area contributed by atoms with Crippen LogP contribution in [0.1, 0.15) is 20.3 Å². The summed E-state index contributed by atoms with van der Waals surface area (Å²) in [5.74, 6) is 2.08. The molecule has 11 heteroatoms. The number of carbonyl (C=O) groups is 3. The maximum Gasteiger partial charge on any atom is 0.320 e. The van der Waals surface area contributed by atoms with Crippen LogP contribution in [0.5, 0.6) is 5.75 Å². The molecule has 34 heavy (non-hydrogen) atoms. The van der Waals surface area contributed by atoms with Crippen LogP contribution in [-0.2, 0) is 28.4 Å². The molecule has 0 saturated carbocycles. The highest BCUT2D eigenvalue weighted by molar-refractivity contribution is 7.45. The summed E-state index contributed by atoms with van der Waals surface area (Å²) < 4.78 is 23.0. The fourth-order valence-electron chi connectivity index (χ4n) is 3.03. The first kappa shape index (κ1) is 27.3. The molecule has 1 aromatic carbocycles. The number of para-hydroxylation sites is 1. The molecule has 2 rings (SSSR count). The van der Waals surface area contributed by atoms with Gasteiger partial charge in [-0.2, -0.15) is 0 Å². The Morgan fingerprint density at radius 3 is 2.74 bits per heavy atom. The van der Waals surface area contributed by atoms with Gasteiger partial charge in [-0.25, -0.2) is 5.09 Å². The molecule has 1 heterocycles. The van der Waals surface area contributed by atoms with Crippen molar-refractivity contribution in [2.45, 2.75) is 38.7 Å². The second kappa shape index (κ2) is 14.3. The van der Waals surface area contributed by atoms with E-state index in [1.807, 2.05) is 23.5 Å². The van der Waals surface area contributed by atoms with E-state index < -0.39 is 26.6 Å². The van der Waals surface area contributed by atoms with E-state index in [2.05, 4.69) is 11.0 Å². The van der Waals surface area contributed by atoms with Crippen molar-refractivity contribution in [3.8, 4) is 18.1 Å². The van der Waals surface area contributed by atoms with Crippen molar-refractivity contribution in [1.82, 2.24) is 15.3 Å². The fraction of sp³-hybridized carbons (Fsp3) is 0.435. The van der Waals surface area contributed by atoms with Crippen LogP contribution in [0.3, 0.4) is 0 Å². The Hall–Kier alpha value is -2.96. The molecule has 1 aliphatic rings. The Bertz CT molecular complexity index is 875. The monoisotopic (exact) mass is 491 g/mol. The highest BCUT2D eigenvalue weighted by Gasteiger charge is 2.36. The van der Waals surface area contributed by atoms with Gasteiger partial charge in [-0.05, 0) is 32.4 Å². The number of terminal acetylenes is 1. The average Bonchev–Trinajstić information content (AvgIpc) is 3.23. The minimum atomic E-state index is -1.67. The van der Waals surface area contributed by atoms with Gasteiger partial charge in [-0.3, -0.25) is 19.7 Å². The first-order valence-corrected chi connectivity index (χ1v) is 11.8. The van der Waals surface area contributed by atoms with Gasteiger partial charge in [0.1, 0.15) is 18.5 Å². The second-order valence-corrected chi connectivity index (χ2v) is 8.87. The molecular weight excluding hydrogens is 461 g/mol. The highest BCUT2D eigenvalue weighted by atomic mass is 31.2. The zero-order valence-corrected chi connectivity index (χ0v) is 20.3. The van der Waals surface area contributed by atoms with E-state index in [0.717, 1.165) is 0 Å². The van der Waals surface area contributed by atoms with E-state index in [0.29, 0.717) is 18.6 Å². The number of carbonyl (C=O) groups excluding carboxylic acids is 3. The molecule has 4 unspecified atom stereocenters. The summed E-state index contributed by atoms with van der Waals surface area (Å²) in [6, 6.07) is 9.09. The summed E-state index contributed by atoms with van der Waals surface area (Å²) in [5, 5.41) is 4.98. The normalized spacial score (nSPS) is 20.5. The lowest BCUT2D eigenvalue weighted by molar-refractivity contribution is -0.145. The molecule has 0 radical (unpaired) electrons. The van der Waals surface area contributed by atoms with Crippen LogP contribution >= 0.6 is 8.53 Å². The quantitative estimate of drug-likeness (QED) is 0.140. The summed E-state index contributed by atoms with van der Waals surface area (Å²) in [4.78, 5) is 35.4. The maximum absolute atomic E-state index is 11.9. The maximum atomic E-state index is 11.9. The van der Waals surface area contributed by atoms with Gasteiger partial charge >= 0.3 is 14.5 Å². The van der Waals surface area contributed by atoms with E-state index in [-0.39, 0.29) is 31.3 Å². The van der Waals surface area contributed by atoms with Crippen LogP contribution in [0.2, 0.25) is 0 Å². The van der Waals surface area contributed by atoms with E-state index in [1.165, 1.54) is 12.3 Å². The van der Waals surface area contributed by atoms with E-state index in [1.54, 1.807) is 37.9 Å². The third-order valence-electron chi connectivity index (χ3n) is 4.50. The van der Waals surface area contributed by atoms with Crippen molar-refractivity contribution in [3.63, 3.8) is 0 Å². The molecule has 0 bridgehead atoms. The topological polar surface area (TPSA) is 115 Å². The van der Waals surface area contributed by atoms with Crippen LogP contribution in [0.15, 0.2) is 42.6 Å². The Morgan fingerprint density at radius 1 is 1.35 bits per heavy atom. The summed E-state index contributed by atoms with van der Waals surface area (Å²) >= 11 is 0. The molecule has 4 atom stereocenters. The lowest BCUT2D eigenvalue weighted by Crippen LogP contribution is -2.33. The standard InChI is InChI=1S/C23H30N3O7P/c1-5-18-13-20(32-23(18)26(4)12-11-21(28)24-16-27)15-30-34(25-14-22(29)31-17(2)3)33-19-9-7-6-8-10-19/h1,6-12,16-18,20,23,25H,13-15H2,2-4H3,(H,24,27,28)/b12-11-. The number of amides is 2. The molecule has 0 aromatic heterocycles. The molecule has 1 aromatic rings. The van der Waals surface area contributed by atoms with Crippen LogP contribution in [-0.4, -0.2) is 61.8 Å². The molecule has 1 aliphatic heterocycles. The van der Waals surface area contributed by atoms with Gasteiger partial charge in [-0.15, -0.1) is 6.42 Å². The third kappa shape index (κ3) is 9.49. The van der Waals surface area contributed by atoms with Crippen molar-refractivity contribution in [3.05, 3.63) is 42.6 Å². The molecule has 2 N–H and O–H groups in total. The van der Waals surface area contributed by atoms with E-state index in [4.69, 9.17) is 24.9 Å². The fourth-order valence-corrected chi connectivity index (χ4v) is 4.11. The van der Waals surface area contributed by atoms with Crippen LogP contribution < -0.4 is 14.9 Å². The summed E-state index contributed by atoms with van der Waals surface area (Å²) in [7, 11) is 0.0440. The molecule has 0 spiro atoms. The number of esters is 1. The van der Waals surface area contributed by atoms with Gasteiger partial charge in [0.2, 0.25) is 6.41 Å². The second-order valence-electron chi connectivity index (χ2n) is 7.60. The zero-order chi connectivity index (χ0) is 24.9. The van der Waals surface area contributed by atoms with Gasteiger partial charge < -0.3 is 23.4 Å². The van der Waals surface area contributed by atoms with E-state index in [9.17, 15) is 14.4 Å². The number of nitrogens with zero attached hydrogens (tertiary/aromatic N) is 1. The SMILES string of the molecule is C#CC1CC(COP(NCC(=O)OC(C)C)Oc2ccccc2)OC1N(C)/C=C\C(=O)NC=O. The van der Waals surface area contributed by atoms with Crippen LogP contribution in [0.4, 0.5) is 0 Å². The zero-order valence-electron chi connectivity index (χ0n) is 19.4. The Kier molecular flexibility index (Phi) is 11.5. The first-order valence-electron chi connectivity index (χ1n) is 10.7. The number of rotatable bonds is 13. The average molecular weight is 491 g/mol. The third-order valence-corrected chi connectivity index (χ3v) is 5.68. The van der Waals surface area contributed by atoms with Gasteiger partial charge in [-0.1, -0.05) is 24.1 Å². The van der Waals surface area contributed by atoms with Gasteiger partial charge in [0, 0.05) is 19.3 Å². The number of ether oxygens (including phenoxy) is 2. The Morgan fingerprint density at radius 2 is 2.09 bits per heavy atom. The predicted octanol–water partition coefficient (Wildman–Crippen LogP) is 1.93. The predicted molar refractivity (Wildman–Crippen MR) is 126 cm³/mol. The highest BCUT2D eigenvalue weighted by Crippen LogP contribution is 2.37. The van der Waals surface area contributed by atoms with Gasteiger partial charge in [0.05, 0.1) is 24.7 Å². The first-order chi connectivity index (χ1) is 16.3. The lowest BCUT2D eigenvalue weighted by atomic mass is 10.0. The number of benzene rings is 1.